The number of hydrogen-bond donors (Lipinski definition) is 0. The molecule has 3 rings (SSSR count). The van der Waals surface area contributed by atoms with Gasteiger partial charge in [0.2, 0.25) is 0 Å². The van der Waals surface area contributed by atoms with Gasteiger partial charge >= 0.3 is 17.9 Å². The highest BCUT2D eigenvalue weighted by Gasteiger charge is 2.18. The summed E-state index contributed by atoms with van der Waals surface area (Å²) >= 11 is 0. The van der Waals surface area contributed by atoms with Crippen LogP contribution in [0, 0.1) is 5.82 Å². The fourth-order valence-electron chi connectivity index (χ4n) is 3.03. The molecule has 0 aliphatic rings. The molecule has 0 aliphatic heterocycles. The number of carbonyl (C=O) groups excluding carboxylic acids is 3. The average Bonchev–Trinajstić information content (AvgIpc) is 2.85. The standard InChI is InChI=1S/C29H23FO6/c1-6-27(31)34-21-11-9-20(10-12-21)24-15-25(30)23(16-26(24)36-29(33)18(4)5)19-7-13-22(14-8-19)35-28(32)17(2)3/h6-16H,1-2,4H2,3,5H3. The van der Waals surface area contributed by atoms with E-state index in [2.05, 4.69) is 19.7 Å². The molecule has 0 saturated carbocycles. The molecule has 3 aromatic carbocycles. The molecular weight excluding hydrogens is 463 g/mol. The molecule has 7 heteroatoms. The molecule has 0 bridgehead atoms. The second kappa shape index (κ2) is 11.1. The lowest BCUT2D eigenvalue weighted by atomic mass is 9.98. The van der Waals surface area contributed by atoms with E-state index in [-0.39, 0.29) is 34.0 Å². The Morgan fingerprint density at radius 2 is 1.19 bits per heavy atom. The quantitative estimate of drug-likeness (QED) is 0.214. The van der Waals surface area contributed by atoms with Crippen LogP contribution in [0.4, 0.5) is 4.39 Å². The predicted molar refractivity (Wildman–Crippen MR) is 134 cm³/mol. The van der Waals surface area contributed by atoms with Crippen LogP contribution in [0.3, 0.4) is 0 Å². The summed E-state index contributed by atoms with van der Waals surface area (Å²) in [6.45, 7) is 13.5. The van der Waals surface area contributed by atoms with Gasteiger partial charge in [-0.15, -0.1) is 0 Å². The Hall–Kier alpha value is -4.78. The molecule has 0 fully saturated rings. The Labute approximate surface area is 207 Å². The lowest BCUT2D eigenvalue weighted by molar-refractivity contribution is -0.130. The molecule has 0 unspecified atom stereocenters. The lowest BCUT2D eigenvalue weighted by Gasteiger charge is -2.14. The van der Waals surface area contributed by atoms with Gasteiger partial charge < -0.3 is 14.2 Å². The van der Waals surface area contributed by atoms with Crippen LogP contribution in [0.5, 0.6) is 17.2 Å². The van der Waals surface area contributed by atoms with Crippen LogP contribution < -0.4 is 14.2 Å². The van der Waals surface area contributed by atoms with Crippen molar-refractivity contribution in [3.63, 3.8) is 0 Å². The zero-order valence-corrected chi connectivity index (χ0v) is 19.8. The molecule has 0 spiro atoms. The van der Waals surface area contributed by atoms with Gasteiger partial charge in [-0.05, 0) is 61.4 Å². The second-order valence-electron chi connectivity index (χ2n) is 7.84. The first-order chi connectivity index (χ1) is 17.1. The molecule has 182 valence electrons. The van der Waals surface area contributed by atoms with Gasteiger partial charge in [0.25, 0.3) is 0 Å². The molecule has 0 N–H and O–H groups in total. The van der Waals surface area contributed by atoms with Crippen LogP contribution >= 0.6 is 0 Å². The zero-order valence-electron chi connectivity index (χ0n) is 19.8. The smallest absolute Gasteiger partial charge is 0.338 e. The Morgan fingerprint density at radius 1 is 0.722 bits per heavy atom. The van der Waals surface area contributed by atoms with Gasteiger partial charge in [-0.1, -0.05) is 44.0 Å². The van der Waals surface area contributed by atoms with E-state index in [1.807, 2.05) is 0 Å². The van der Waals surface area contributed by atoms with Crippen molar-refractivity contribution in [2.45, 2.75) is 13.8 Å². The predicted octanol–water partition coefficient (Wildman–Crippen LogP) is 6.21. The van der Waals surface area contributed by atoms with Crippen LogP contribution in [0.25, 0.3) is 22.3 Å². The van der Waals surface area contributed by atoms with Crippen LogP contribution in [-0.2, 0) is 14.4 Å². The lowest BCUT2D eigenvalue weighted by Crippen LogP contribution is -2.09. The molecule has 0 heterocycles. The Balaban J connectivity index is 2.01. The summed E-state index contributed by atoms with van der Waals surface area (Å²) in [6, 6.07) is 15.1. The maximum Gasteiger partial charge on any atom is 0.338 e. The van der Waals surface area contributed by atoms with Gasteiger partial charge in [0, 0.05) is 28.3 Å². The maximum atomic E-state index is 15.3. The van der Waals surface area contributed by atoms with E-state index < -0.39 is 23.7 Å². The molecule has 0 radical (unpaired) electrons. The second-order valence-corrected chi connectivity index (χ2v) is 7.84. The van der Waals surface area contributed by atoms with E-state index in [9.17, 15) is 14.4 Å². The van der Waals surface area contributed by atoms with Crippen molar-refractivity contribution in [2.75, 3.05) is 0 Å². The van der Waals surface area contributed by atoms with Crippen molar-refractivity contribution in [2.24, 2.45) is 0 Å². The minimum absolute atomic E-state index is 0.105. The van der Waals surface area contributed by atoms with E-state index in [1.165, 1.54) is 50.2 Å². The number of carbonyl (C=O) groups is 3. The fraction of sp³-hybridized carbons (Fsp3) is 0.0690. The van der Waals surface area contributed by atoms with Crippen molar-refractivity contribution in [3.8, 4) is 39.5 Å². The van der Waals surface area contributed by atoms with Crippen molar-refractivity contribution >= 4 is 17.9 Å². The van der Waals surface area contributed by atoms with Gasteiger partial charge in [0.1, 0.15) is 23.1 Å². The molecule has 0 aromatic heterocycles. The molecule has 0 saturated heterocycles. The maximum absolute atomic E-state index is 15.3. The van der Waals surface area contributed by atoms with Crippen LogP contribution in [-0.4, -0.2) is 17.9 Å². The zero-order chi connectivity index (χ0) is 26.4. The SMILES string of the molecule is C=CC(=O)Oc1ccc(-c2cc(F)c(-c3ccc(OC(=O)C(=C)C)cc3)cc2OC(=O)C(=C)C)cc1. The summed E-state index contributed by atoms with van der Waals surface area (Å²) in [5.74, 6) is -1.79. The Kier molecular flexibility index (Phi) is 7.96. The Bertz CT molecular complexity index is 1370. The van der Waals surface area contributed by atoms with Gasteiger partial charge in [-0.3, -0.25) is 0 Å². The highest BCUT2D eigenvalue weighted by atomic mass is 19.1. The van der Waals surface area contributed by atoms with Crippen molar-refractivity contribution in [1.82, 2.24) is 0 Å². The highest BCUT2D eigenvalue weighted by molar-refractivity contribution is 5.91. The third-order valence-electron chi connectivity index (χ3n) is 4.90. The summed E-state index contributed by atoms with van der Waals surface area (Å²) in [4.78, 5) is 35.4. The van der Waals surface area contributed by atoms with Crippen LogP contribution in [0.15, 0.2) is 97.6 Å². The van der Waals surface area contributed by atoms with Gasteiger partial charge in [0.05, 0.1) is 0 Å². The van der Waals surface area contributed by atoms with Gasteiger partial charge in [-0.25, -0.2) is 18.8 Å². The van der Waals surface area contributed by atoms with E-state index in [4.69, 9.17) is 14.2 Å². The average molecular weight is 486 g/mol. The molecule has 3 aromatic rings. The number of halogens is 1. The van der Waals surface area contributed by atoms with E-state index in [0.717, 1.165) is 6.08 Å². The summed E-state index contributed by atoms with van der Waals surface area (Å²) in [5.41, 5.74) is 1.87. The van der Waals surface area contributed by atoms with Crippen LogP contribution in [0.2, 0.25) is 0 Å². The first kappa shape index (κ1) is 25.8. The molecule has 0 amide bonds. The van der Waals surface area contributed by atoms with Gasteiger partial charge in [0.15, 0.2) is 0 Å². The molecular formula is C29H23FO6. The first-order valence-electron chi connectivity index (χ1n) is 10.7. The molecule has 36 heavy (non-hydrogen) atoms. The number of benzene rings is 3. The largest absolute Gasteiger partial charge is 0.423 e. The number of hydrogen-bond acceptors (Lipinski definition) is 6. The third-order valence-corrected chi connectivity index (χ3v) is 4.90. The molecule has 6 nitrogen and oxygen atoms in total. The summed E-state index contributed by atoms with van der Waals surface area (Å²) in [7, 11) is 0. The van der Waals surface area contributed by atoms with Crippen molar-refractivity contribution in [3.05, 3.63) is 103 Å². The summed E-state index contributed by atoms with van der Waals surface area (Å²) in [6.07, 6.45) is 1.04. The molecule has 0 aliphatic carbocycles. The van der Waals surface area contributed by atoms with Crippen molar-refractivity contribution < 1.29 is 33.0 Å². The monoisotopic (exact) mass is 486 g/mol. The summed E-state index contributed by atoms with van der Waals surface area (Å²) < 4.78 is 31.0. The number of ether oxygens (including phenoxy) is 3. The highest BCUT2D eigenvalue weighted by Crippen LogP contribution is 2.38. The first-order valence-corrected chi connectivity index (χ1v) is 10.7. The van der Waals surface area contributed by atoms with Crippen LogP contribution in [0.1, 0.15) is 13.8 Å². The van der Waals surface area contributed by atoms with Gasteiger partial charge in [-0.2, -0.15) is 0 Å². The number of rotatable bonds is 8. The van der Waals surface area contributed by atoms with E-state index in [0.29, 0.717) is 16.7 Å². The number of esters is 3. The Morgan fingerprint density at radius 3 is 1.69 bits per heavy atom. The summed E-state index contributed by atoms with van der Waals surface area (Å²) in [5, 5.41) is 0. The molecule has 0 atom stereocenters. The van der Waals surface area contributed by atoms with E-state index in [1.54, 1.807) is 24.3 Å². The topological polar surface area (TPSA) is 78.9 Å². The minimum atomic E-state index is -0.674. The minimum Gasteiger partial charge on any atom is -0.423 e. The van der Waals surface area contributed by atoms with E-state index >= 15 is 4.39 Å². The third kappa shape index (κ3) is 6.21. The van der Waals surface area contributed by atoms with Crippen molar-refractivity contribution in [1.29, 1.82) is 0 Å². The fourth-order valence-corrected chi connectivity index (χ4v) is 3.03. The normalized spacial score (nSPS) is 10.2.